The van der Waals surface area contributed by atoms with E-state index in [9.17, 15) is 0 Å². The Balaban J connectivity index is 0. The van der Waals surface area contributed by atoms with Gasteiger partial charge in [0.05, 0.1) is 0 Å². The molecule has 0 bridgehead atoms. The van der Waals surface area contributed by atoms with Gasteiger partial charge in [-0.05, 0) is 19.6 Å². The Morgan fingerprint density at radius 1 is 1.00 bits per heavy atom. The smallest absolute Gasteiger partial charge is 0.315 e. The van der Waals surface area contributed by atoms with Crippen LogP contribution >= 0.6 is 0 Å². The van der Waals surface area contributed by atoms with Gasteiger partial charge in [-0.25, -0.2) is 0 Å². The molecule has 0 aliphatic carbocycles. The summed E-state index contributed by atoms with van der Waals surface area (Å²) in [4.78, 5) is 2.38. The lowest BCUT2D eigenvalue weighted by molar-refractivity contribution is 0.269. The summed E-state index contributed by atoms with van der Waals surface area (Å²) < 4.78 is 3.80. The summed E-state index contributed by atoms with van der Waals surface area (Å²) >= 11 is 0. The van der Waals surface area contributed by atoms with E-state index >= 15 is 0 Å². The third-order valence-corrected chi connectivity index (χ3v) is 1.99. The van der Waals surface area contributed by atoms with Crippen LogP contribution in [0.4, 0.5) is 0 Å². The van der Waals surface area contributed by atoms with Crippen molar-refractivity contribution in [1.82, 2.24) is 4.90 Å². The van der Waals surface area contributed by atoms with E-state index in [2.05, 4.69) is 38.4 Å². The third kappa shape index (κ3) is 6.04. The monoisotopic (exact) mass is 218 g/mol. The molecule has 6 heteroatoms. The number of nitriles is 3. The van der Waals surface area contributed by atoms with Gasteiger partial charge >= 0.3 is 5.60 Å². The van der Waals surface area contributed by atoms with Gasteiger partial charge in [-0.2, -0.15) is 15.8 Å². The fraction of sp³-hybridized carbons (Fsp3) is 0.700. The quantitative estimate of drug-likeness (QED) is 0.650. The van der Waals surface area contributed by atoms with E-state index in [0.29, 0.717) is 0 Å². The maximum atomic E-state index is 8.08. The molecule has 0 saturated carbocycles. The highest BCUT2D eigenvalue weighted by Crippen LogP contribution is 2.02. The maximum absolute atomic E-state index is 8.08. The standard InChI is InChI=1S/C6H15N.C4BN3O/c1-4-7(5-2)6-3;5-9-4(1-6,2-7)3-8/h4-6H2,1-3H3;. The summed E-state index contributed by atoms with van der Waals surface area (Å²) in [5, 5.41) is 24.2. The molecule has 0 atom stereocenters. The molecule has 0 rings (SSSR count). The van der Waals surface area contributed by atoms with Gasteiger partial charge in [-0.3, -0.25) is 0 Å². The molecule has 0 unspecified atom stereocenters. The molecule has 0 fully saturated rings. The first-order valence-electron chi connectivity index (χ1n) is 4.93. The van der Waals surface area contributed by atoms with Crippen molar-refractivity contribution in [2.45, 2.75) is 26.4 Å². The molecule has 0 heterocycles. The Hall–Kier alpha value is -1.55. The van der Waals surface area contributed by atoms with Crippen LogP contribution in [0, 0.1) is 34.0 Å². The van der Waals surface area contributed by atoms with Crippen molar-refractivity contribution in [2.75, 3.05) is 19.6 Å². The van der Waals surface area contributed by atoms with Crippen LogP contribution in [0.1, 0.15) is 20.8 Å². The van der Waals surface area contributed by atoms with Crippen LogP contribution in [0.5, 0.6) is 0 Å². The van der Waals surface area contributed by atoms with Crippen LogP contribution in [0.25, 0.3) is 0 Å². The molecular formula is C10H15BN4O. The first kappa shape index (κ1) is 16.9. The van der Waals surface area contributed by atoms with Crippen molar-refractivity contribution in [3.05, 3.63) is 0 Å². The average Bonchev–Trinajstić information content (AvgIpc) is 2.36. The predicted molar refractivity (Wildman–Crippen MR) is 59.9 cm³/mol. The molecule has 0 spiro atoms. The van der Waals surface area contributed by atoms with Gasteiger partial charge in [-0.1, -0.05) is 20.8 Å². The van der Waals surface area contributed by atoms with Crippen molar-refractivity contribution >= 4 is 8.05 Å². The van der Waals surface area contributed by atoms with Crippen LogP contribution in [-0.2, 0) is 4.65 Å². The number of hydrogen-bond donors (Lipinski definition) is 0. The van der Waals surface area contributed by atoms with Crippen molar-refractivity contribution in [3.8, 4) is 18.2 Å². The first-order valence-corrected chi connectivity index (χ1v) is 4.93. The van der Waals surface area contributed by atoms with Gasteiger partial charge in [0.1, 0.15) is 18.2 Å². The molecule has 0 N–H and O–H groups in total. The van der Waals surface area contributed by atoms with Crippen LogP contribution < -0.4 is 0 Å². The summed E-state index contributed by atoms with van der Waals surface area (Å²) in [6, 6.07) is 3.89. The van der Waals surface area contributed by atoms with E-state index in [1.54, 1.807) is 0 Å². The normalized spacial score (nSPS) is 9.31. The van der Waals surface area contributed by atoms with Crippen molar-refractivity contribution in [1.29, 1.82) is 15.8 Å². The van der Waals surface area contributed by atoms with Crippen LogP contribution in [0.15, 0.2) is 0 Å². The lowest BCUT2D eigenvalue weighted by Gasteiger charge is -2.13. The van der Waals surface area contributed by atoms with E-state index in [1.807, 2.05) is 0 Å². The van der Waals surface area contributed by atoms with E-state index in [4.69, 9.17) is 15.8 Å². The summed E-state index contributed by atoms with van der Waals surface area (Å²) in [7, 11) is 4.47. The highest BCUT2D eigenvalue weighted by Gasteiger charge is 2.27. The molecule has 0 aromatic rings. The Morgan fingerprint density at radius 2 is 1.31 bits per heavy atom. The molecular weight excluding hydrogens is 203 g/mol. The van der Waals surface area contributed by atoms with E-state index in [-0.39, 0.29) is 0 Å². The molecule has 0 aromatic carbocycles. The molecule has 0 aliphatic heterocycles. The summed E-state index contributed by atoms with van der Waals surface area (Å²) in [6.07, 6.45) is 0. The van der Waals surface area contributed by atoms with Gasteiger partial charge in [0.2, 0.25) is 0 Å². The van der Waals surface area contributed by atoms with Gasteiger partial charge < -0.3 is 9.55 Å². The Labute approximate surface area is 98.3 Å². The maximum Gasteiger partial charge on any atom is 0.315 e. The van der Waals surface area contributed by atoms with E-state index in [1.165, 1.54) is 37.8 Å². The third-order valence-electron chi connectivity index (χ3n) is 1.99. The van der Waals surface area contributed by atoms with Crippen LogP contribution in [-0.4, -0.2) is 38.2 Å². The summed E-state index contributed by atoms with van der Waals surface area (Å²) in [5.74, 6) is 0. The van der Waals surface area contributed by atoms with Gasteiger partial charge in [-0.15, -0.1) is 0 Å². The minimum atomic E-state index is -2.14. The molecule has 0 amide bonds. The Morgan fingerprint density at radius 3 is 1.31 bits per heavy atom. The zero-order valence-corrected chi connectivity index (χ0v) is 9.90. The Kier molecular flexibility index (Phi) is 10.5. The van der Waals surface area contributed by atoms with Crippen molar-refractivity contribution in [2.24, 2.45) is 0 Å². The largest absolute Gasteiger partial charge is 0.410 e. The highest BCUT2D eigenvalue weighted by molar-refractivity contribution is 5.99. The van der Waals surface area contributed by atoms with Crippen molar-refractivity contribution in [3.63, 3.8) is 0 Å². The molecule has 0 saturated heterocycles. The second-order valence-corrected chi connectivity index (χ2v) is 2.75. The minimum Gasteiger partial charge on any atom is -0.410 e. The molecule has 5 nitrogen and oxygen atoms in total. The molecule has 84 valence electrons. The molecule has 2 radical (unpaired) electrons. The first-order chi connectivity index (χ1) is 7.59. The SMILES string of the molecule is CCN(CC)CC.[B]OC(C#N)(C#N)C#N. The molecule has 0 aromatic heterocycles. The lowest BCUT2D eigenvalue weighted by atomic mass is 10.1. The fourth-order valence-electron chi connectivity index (χ4n) is 0.825. The van der Waals surface area contributed by atoms with Crippen molar-refractivity contribution < 1.29 is 4.65 Å². The van der Waals surface area contributed by atoms with E-state index < -0.39 is 5.60 Å². The van der Waals surface area contributed by atoms with Gasteiger partial charge in [0, 0.05) is 0 Å². The second kappa shape index (κ2) is 9.99. The summed E-state index contributed by atoms with van der Waals surface area (Å²) in [5.41, 5.74) is -2.14. The molecule has 0 aliphatic rings. The summed E-state index contributed by atoms with van der Waals surface area (Å²) in [6.45, 7) is 10.1. The number of hydrogen-bond acceptors (Lipinski definition) is 5. The fourth-order valence-corrected chi connectivity index (χ4v) is 0.825. The predicted octanol–water partition coefficient (Wildman–Crippen LogP) is 0.744. The van der Waals surface area contributed by atoms with Gasteiger partial charge in [0.15, 0.2) is 0 Å². The number of nitrogens with zero attached hydrogens (tertiary/aromatic N) is 4. The second-order valence-electron chi connectivity index (χ2n) is 2.75. The van der Waals surface area contributed by atoms with E-state index in [0.717, 1.165) is 0 Å². The highest BCUT2D eigenvalue weighted by atomic mass is 16.4. The van der Waals surface area contributed by atoms with Crippen LogP contribution in [0.3, 0.4) is 0 Å². The molecule has 16 heavy (non-hydrogen) atoms. The zero-order valence-electron chi connectivity index (χ0n) is 9.90. The zero-order chi connectivity index (χ0) is 13.0. The van der Waals surface area contributed by atoms with Crippen LogP contribution in [0.2, 0.25) is 0 Å². The minimum absolute atomic E-state index is 1.19. The average molecular weight is 218 g/mol. The number of rotatable bonds is 4. The lowest BCUT2D eigenvalue weighted by Crippen LogP contribution is -2.24. The van der Waals surface area contributed by atoms with Gasteiger partial charge in [0.25, 0.3) is 8.05 Å². The topological polar surface area (TPSA) is 83.8 Å². The Bertz CT molecular complexity index is 254.